The van der Waals surface area contributed by atoms with Gasteiger partial charge >= 0.3 is 0 Å². The highest BCUT2D eigenvalue weighted by molar-refractivity contribution is 5.93. The highest BCUT2D eigenvalue weighted by Crippen LogP contribution is 2.43. The van der Waals surface area contributed by atoms with Crippen LogP contribution in [0.1, 0.15) is 51.4 Å². The molecule has 1 fully saturated rings. The molecule has 2 aliphatic carbocycles. The van der Waals surface area contributed by atoms with Gasteiger partial charge in [-0.3, -0.25) is 4.79 Å². The molecular formula is C13H20O. The molecule has 78 valence electrons. The zero-order chi connectivity index (χ0) is 9.80. The minimum atomic E-state index is 0.399. The summed E-state index contributed by atoms with van der Waals surface area (Å²) in [4.78, 5) is 11.6. The monoisotopic (exact) mass is 192 g/mol. The summed E-state index contributed by atoms with van der Waals surface area (Å²) < 4.78 is 0. The summed E-state index contributed by atoms with van der Waals surface area (Å²) >= 11 is 0. The normalized spacial score (nSPS) is 36.4. The van der Waals surface area contributed by atoms with Gasteiger partial charge in [0.25, 0.3) is 0 Å². The molecule has 0 radical (unpaired) electrons. The van der Waals surface area contributed by atoms with E-state index in [0.717, 1.165) is 12.3 Å². The molecule has 0 amide bonds. The highest BCUT2D eigenvalue weighted by atomic mass is 16.1. The van der Waals surface area contributed by atoms with Crippen molar-refractivity contribution in [2.45, 2.75) is 51.4 Å². The second-order valence-electron chi connectivity index (χ2n) is 4.75. The van der Waals surface area contributed by atoms with Gasteiger partial charge in [-0.1, -0.05) is 31.8 Å². The predicted molar refractivity (Wildman–Crippen MR) is 58.1 cm³/mol. The lowest BCUT2D eigenvalue weighted by molar-refractivity contribution is -0.116. The Bertz CT molecular complexity index is 229. The largest absolute Gasteiger partial charge is 0.295 e. The summed E-state index contributed by atoms with van der Waals surface area (Å²) in [6.45, 7) is 0. The summed E-state index contributed by atoms with van der Waals surface area (Å²) in [6, 6.07) is 0. The van der Waals surface area contributed by atoms with Crippen molar-refractivity contribution >= 4 is 5.78 Å². The van der Waals surface area contributed by atoms with Crippen LogP contribution in [0.2, 0.25) is 0 Å². The van der Waals surface area contributed by atoms with Gasteiger partial charge in [0.05, 0.1) is 0 Å². The standard InChI is InChI=1S/C13H20O/c14-13-9-7-5-3-1-2-4-6-8-11-10-12(11)13/h7,9,11-12H,1-6,8,10H2/b9-7+/t11-,12+/m1/s1. The molecule has 0 N–H and O–H groups in total. The molecule has 0 bridgehead atoms. The quantitative estimate of drug-likeness (QED) is 0.574. The maximum absolute atomic E-state index is 11.6. The fourth-order valence-corrected chi connectivity index (χ4v) is 2.44. The first-order valence-electron chi connectivity index (χ1n) is 6.08. The molecule has 0 aromatic rings. The third-order valence-corrected chi connectivity index (χ3v) is 3.52. The lowest BCUT2D eigenvalue weighted by Crippen LogP contribution is -1.98. The minimum Gasteiger partial charge on any atom is -0.295 e. The number of fused-ring (bicyclic) bond motifs is 1. The van der Waals surface area contributed by atoms with Crippen LogP contribution >= 0.6 is 0 Å². The average Bonchev–Trinajstić information content (AvgIpc) is 2.92. The van der Waals surface area contributed by atoms with Crippen molar-refractivity contribution in [3.05, 3.63) is 12.2 Å². The molecule has 0 aliphatic heterocycles. The van der Waals surface area contributed by atoms with Gasteiger partial charge < -0.3 is 0 Å². The van der Waals surface area contributed by atoms with Crippen molar-refractivity contribution in [2.24, 2.45) is 11.8 Å². The number of carbonyl (C=O) groups is 1. The van der Waals surface area contributed by atoms with Crippen LogP contribution in [0.25, 0.3) is 0 Å². The summed E-state index contributed by atoms with van der Waals surface area (Å²) in [5, 5.41) is 0. The molecule has 0 spiro atoms. The molecule has 2 aliphatic rings. The summed E-state index contributed by atoms with van der Waals surface area (Å²) in [5.41, 5.74) is 0. The fourth-order valence-electron chi connectivity index (χ4n) is 2.44. The minimum absolute atomic E-state index is 0.399. The Morgan fingerprint density at radius 2 is 1.86 bits per heavy atom. The number of ketones is 1. The lowest BCUT2D eigenvalue weighted by Gasteiger charge is -2.02. The third-order valence-electron chi connectivity index (χ3n) is 3.52. The van der Waals surface area contributed by atoms with E-state index in [1.807, 2.05) is 6.08 Å². The van der Waals surface area contributed by atoms with Crippen LogP contribution in [-0.4, -0.2) is 5.78 Å². The van der Waals surface area contributed by atoms with Gasteiger partial charge in [0.1, 0.15) is 0 Å². The van der Waals surface area contributed by atoms with Gasteiger partial charge in [-0.15, -0.1) is 0 Å². The Labute approximate surface area is 86.6 Å². The van der Waals surface area contributed by atoms with Crippen LogP contribution in [-0.2, 0) is 4.79 Å². The van der Waals surface area contributed by atoms with Gasteiger partial charge in [-0.25, -0.2) is 0 Å². The first-order valence-corrected chi connectivity index (χ1v) is 6.08. The molecule has 1 heteroatoms. The first-order chi connectivity index (χ1) is 6.88. The van der Waals surface area contributed by atoms with Crippen LogP contribution < -0.4 is 0 Å². The SMILES string of the molecule is O=C1/C=C/CCCCCCC[C@@H]2C[C@H]12. The van der Waals surface area contributed by atoms with E-state index in [1.165, 1.54) is 44.9 Å². The Balaban J connectivity index is 1.86. The summed E-state index contributed by atoms with van der Waals surface area (Å²) in [5.74, 6) is 1.55. The number of hydrogen-bond acceptors (Lipinski definition) is 1. The molecular weight excluding hydrogens is 172 g/mol. The Kier molecular flexibility index (Phi) is 3.39. The van der Waals surface area contributed by atoms with Gasteiger partial charge in [-0.05, 0) is 37.7 Å². The highest BCUT2D eigenvalue weighted by Gasteiger charge is 2.40. The van der Waals surface area contributed by atoms with Crippen LogP contribution in [0.15, 0.2) is 12.2 Å². The van der Waals surface area contributed by atoms with Gasteiger partial charge in [0, 0.05) is 5.92 Å². The second kappa shape index (κ2) is 4.77. The number of rotatable bonds is 0. The first kappa shape index (κ1) is 9.95. The van der Waals surface area contributed by atoms with Crippen LogP contribution in [0, 0.1) is 11.8 Å². The smallest absolute Gasteiger partial charge is 0.158 e. The maximum Gasteiger partial charge on any atom is 0.158 e. The van der Waals surface area contributed by atoms with E-state index >= 15 is 0 Å². The van der Waals surface area contributed by atoms with E-state index in [0.29, 0.717) is 11.7 Å². The van der Waals surface area contributed by atoms with Crippen molar-refractivity contribution in [3.8, 4) is 0 Å². The van der Waals surface area contributed by atoms with Crippen molar-refractivity contribution in [1.82, 2.24) is 0 Å². The van der Waals surface area contributed by atoms with Crippen molar-refractivity contribution in [2.75, 3.05) is 0 Å². The van der Waals surface area contributed by atoms with Crippen molar-refractivity contribution < 1.29 is 4.79 Å². The van der Waals surface area contributed by atoms with E-state index in [1.54, 1.807) is 0 Å². The molecule has 0 unspecified atom stereocenters. The topological polar surface area (TPSA) is 17.1 Å². The van der Waals surface area contributed by atoms with Crippen LogP contribution in [0.3, 0.4) is 0 Å². The van der Waals surface area contributed by atoms with Gasteiger partial charge in [0.2, 0.25) is 0 Å². The number of carbonyl (C=O) groups excluding carboxylic acids is 1. The zero-order valence-electron chi connectivity index (χ0n) is 8.87. The number of allylic oxidation sites excluding steroid dienone is 2. The lowest BCUT2D eigenvalue weighted by atomic mass is 10.0. The van der Waals surface area contributed by atoms with Crippen molar-refractivity contribution in [1.29, 1.82) is 0 Å². The number of hydrogen-bond donors (Lipinski definition) is 0. The summed E-state index contributed by atoms with van der Waals surface area (Å²) in [6.07, 6.45) is 14.2. The Morgan fingerprint density at radius 1 is 1.07 bits per heavy atom. The summed E-state index contributed by atoms with van der Waals surface area (Å²) in [7, 11) is 0. The Hall–Kier alpha value is -0.590. The van der Waals surface area contributed by atoms with E-state index in [2.05, 4.69) is 6.08 Å². The van der Waals surface area contributed by atoms with Crippen LogP contribution in [0.4, 0.5) is 0 Å². The van der Waals surface area contributed by atoms with Gasteiger partial charge in [0.15, 0.2) is 5.78 Å². The molecule has 0 heterocycles. The maximum atomic E-state index is 11.6. The molecule has 14 heavy (non-hydrogen) atoms. The fraction of sp³-hybridized carbons (Fsp3) is 0.769. The molecule has 0 aromatic heterocycles. The second-order valence-corrected chi connectivity index (χ2v) is 4.75. The molecule has 0 saturated heterocycles. The van der Waals surface area contributed by atoms with Gasteiger partial charge in [-0.2, -0.15) is 0 Å². The molecule has 1 nitrogen and oxygen atoms in total. The molecule has 0 aromatic carbocycles. The average molecular weight is 192 g/mol. The van der Waals surface area contributed by atoms with E-state index in [-0.39, 0.29) is 0 Å². The molecule has 2 rings (SSSR count). The predicted octanol–water partition coefficient (Wildman–Crippen LogP) is 3.49. The zero-order valence-corrected chi connectivity index (χ0v) is 8.87. The van der Waals surface area contributed by atoms with Crippen molar-refractivity contribution in [3.63, 3.8) is 0 Å². The third kappa shape index (κ3) is 2.70. The Morgan fingerprint density at radius 3 is 2.79 bits per heavy atom. The van der Waals surface area contributed by atoms with Crippen LogP contribution in [0.5, 0.6) is 0 Å². The van der Waals surface area contributed by atoms with E-state index < -0.39 is 0 Å². The van der Waals surface area contributed by atoms with E-state index in [9.17, 15) is 4.79 Å². The molecule has 2 atom stereocenters. The molecule has 1 saturated carbocycles. The van der Waals surface area contributed by atoms with E-state index in [4.69, 9.17) is 0 Å².